The molecule has 0 bridgehead atoms. The number of benzene rings is 1. The number of carbonyl (C=O) groups excluding carboxylic acids is 1. The molecular formula is C19H32ClN3O4S. The lowest BCUT2D eigenvalue weighted by Crippen LogP contribution is -2.42. The number of sulfonamides is 1. The smallest absolute Gasteiger partial charge is 0.251 e. The van der Waals surface area contributed by atoms with Gasteiger partial charge in [-0.1, -0.05) is 13.8 Å². The van der Waals surface area contributed by atoms with E-state index in [0.717, 1.165) is 13.0 Å². The average molecular weight is 434 g/mol. The van der Waals surface area contributed by atoms with Crippen LogP contribution in [0.25, 0.3) is 0 Å². The Kier molecular flexibility index (Phi) is 10.4. The van der Waals surface area contributed by atoms with Crippen LogP contribution in [-0.4, -0.2) is 65.1 Å². The molecule has 0 aliphatic carbocycles. The lowest BCUT2D eigenvalue weighted by atomic mass is 9.94. The minimum absolute atomic E-state index is 0. The standard InChI is InChI=1S/C19H31N3O4S.ClH/c1-15-12-16(2)14-22(13-15)27(24,25)18-6-4-17(5-7-18)19(23)21-9-8-20-10-11-26-3;/h4-7,15-16,20H,8-14H2,1-3H3,(H,21,23);1H. The van der Waals surface area contributed by atoms with Crippen molar-refractivity contribution in [3.8, 4) is 0 Å². The molecule has 2 rings (SSSR count). The highest BCUT2D eigenvalue weighted by Gasteiger charge is 2.31. The van der Waals surface area contributed by atoms with Crippen molar-refractivity contribution in [2.45, 2.75) is 25.2 Å². The normalized spacial score (nSPS) is 20.4. The molecule has 0 spiro atoms. The summed E-state index contributed by atoms with van der Waals surface area (Å²) in [5, 5.41) is 5.95. The second kappa shape index (κ2) is 11.7. The summed E-state index contributed by atoms with van der Waals surface area (Å²) in [6.45, 7) is 7.74. The maximum atomic E-state index is 12.9. The first-order valence-electron chi connectivity index (χ1n) is 9.42. The summed E-state index contributed by atoms with van der Waals surface area (Å²) in [5.41, 5.74) is 0.450. The van der Waals surface area contributed by atoms with Gasteiger partial charge in [0.1, 0.15) is 0 Å². The van der Waals surface area contributed by atoms with Crippen LogP contribution in [0.3, 0.4) is 0 Å². The molecule has 0 radical (unpaired) electrons. The van der Waals surface area contributed by atoms with E-state index >= 15 is 0 Å². The maximum absolute atomic E-state index is 12.9. The molecule has 28 heavy (non-hydrogen) atoms. The minimum Gasteiger partial charge on any atom is -0.383 e. The van der Waals surface area contributed by atoms with Gasteiger partial charge in [-0.3, -0.25) is 4.79 Å². The van der Waals surface area contributed by atoms with Crippen LogP contribution in [-0.2, 0) is 14.8 Å². The second-order valence-electron chi connectivity index (χ2n) is 7.29. The molecule has 9 heteroatoms. The van der Waals surface area contributed by atoms with Crippen molar-refractivity contribution in [1.82, 2.24) is 14.9 Å². The van der Waals surface area contributed by atoms with E-state index in [4.69, 9.17) is 4.74 Å². The molecule has 160 valence electrons. The second-order valence-corrected chi connectivity index (χ2v) is 9.23. The molecule has 1 heterocycles. The minimum atomic E-state index is -3.52. The van der Waals surface area contributed by atoms with Crippen LogP contribution >= 0.6 is 12.4 Å². The van der Waals surface area contributed by atoms with E-state index < -0.39 is 10.0 Å². The lowest BCUT2D eigenvalue weighted by molar-refractivity contribution is 0.0953. The SMILES string of the molecule is COCCNCCNC(=O)c1ccc(S(=O)(=O)N2CC(C)CC(C)C2)cc1.Cl. The molecule has 7 nitrogen and oxygen atoms in total. The van der Waals surface area contributed by atoms with Gasteiger partial charge in [-0.2, -0.15) is 4.31 Å². The Morgan fingerprint density at radius 1 is 1.11 bits per heavy atom. The Hall–Kier alpha value is -1.19. The molecule has 1 aliphatic heterocycles. The van der Waals surface area contributed by atoms with E-state index in [1.165, 1.54) is 12.1 Å². The fourth-order valence-corrected chi connectivity index (χ4v) is 5.07. The van der Waals surface area contributed by atoms with E-state index in [-0.39, 0.29) is 23.2 Å². The summed E-state index contributed by atoms with van der Waals surface area (Å²) in [6, 6.07) is 6.17. The maximum Gasteiger partial charge on any atom is 0.251 e. The molecule has 1 amide bonds. The number of methoxy groups -OCH3 is 1. The number of ether oxygens (including phenoxy) is 1. The predicted molar refractivity (Wildman–Crippen MR) is 112 cm³/mol. The van der Waals surface area contributed by atoms with E-state index in [1.54, 1.807) is 23.5 Å². The van der Waals surface area contributed by atoms with E-state index in [0.29, 0.717) is 50.2 Å². The van der Waals surface area contributed by atoms with Gasteiger partial charge in [0.25, 0.3) is 5.91 Å². The van der Waals surface area contributed by atoms with Crippen LogP contribution in [0.4, 0.5) is 0 Å². The van der Waals surface area contributed by atoms with Gasteiger partial charge >= 0.3 is 0 Å². The highest BCUT2D eigenvalue weighted by molar-refractivity contribution is 7.89. The first-order valence-corrected chi connectivity index (χ1v) is 10.9. The monoisotopic (exact) mass is 433 g/mol. The van der Waals surface area contributed by atoms with Gasteiger partial charge in [-0.25, -0.2) is 8.42 Å². The molecule has 1 aromatic carbocycles. The molecule has 2 atom stereocenters. The van der Waals surface area contributed by atoms with Crippen molar-refractivity contribution in [2.75, 3.05) is 46.4 Å². The third-order valence-corrected chi connectivity index (χ3v) is 6.51. The Labute approximate surface area is 174 Å². The van der Waals surface area contributed by atoms with Crippen LogP contribution in [0.15, 0.2) is 29.2 Å². The zero-order valence-corrected chi connectivity index (χ0v) is 18.4. The molecule has 0 aromatic heterocycles. The van der Waals surface area contributed by atoms with Crippen LogP contribution in [0.2, 0.25) is 0 Å². The Balaban J connectivity index is 0.00000392. The summed E-state index contributed by atoms with van der Waals surface area (Å²) in [6.07, 6.45) is 1.05. The first-order chi connectivity index (χ1) is 12.8. The summed E-state index contributed by atoms with van der Waals surface area (Å²) in [4.78, 5) is 12.4. The quantitative estimate of drug-likeness (QED) is 0.579. The number of piperidine rings is 1. The predicted octanol–water partition coefficient (Wildman–Crippen LogP) is 1.74. The van der Waals surface area contributed by atoms with E-state index in [2.05, 4.69) is 24.5 Å². The Morgan fingerprint density at radius 3 is 2.29 bits per heavy atom. The number of amides is 1. The fourth-order valence-electron chi connectivity index (χ4n) is 3.40. The highest BCUT2D eigenvalue weighted by Crippen LogP contribution is 2.26. The first kappa shape index (κ1) is 24.8. The number of nitrogens with one attached hydrogen (secondary N) is 2. The molecule has 1 aliphatic rings. The van der Waals surface area contributed by atoms with E-state index in [9.17, 15) is 13.2 Å². The Morgan fingerprint density at radius 2 is 1.71 bits per heavy atom. The van der Waals surface area contributed by atoms with E-state index in [1.807, 2.05) is 0 Å². The fraction of sp³-hybridized carbons (Fsp3) is 0.632. The van der Waals surface area contributed by atoms with Gasteiger partial charge in [0.05, 0.1) is 11.5 Å². The number of hydrogen-bond acceptors (Lipinski definition) is 5. The number of rotatable bonds is 9. The summed E-state index contributed by atoms with van der Waals surface area (Å²) in [7, 11) is -1.88. The summed E-state index contributed by atoms with van der Waals surface area (Å²) in [5.74, 6) is 0.491. The highest BCUT2D eigenvalue weighted by atomic mass is 35.5. The van der Waals surface area contributed by atoms with Gasteiger partial charge in [0, 0.05) is 45.4 Å². The van der Waals surface area contributed by atoms with Gasteiger partial charge < -0.3 is 15.4 Å². The molecule has 1 fully saturated rings. The largest absolute Gasteiger partial charge is 0.383 e. The number of hydrogen-bond donors (Lipinski definition) is 2. The average Bonchev–Trinajstić information content (AvgIpc) is 2.63. The number of halogens is 1. The van der Waals surface area contributed by atoms with Crippen LogP contribution < -0.4 is 10.6 Å². The molecule has 1 aromatic rings. The Bertz CT molecular complexity index is 702. The van der Waals surface area contributed by atoms with Gasteiger partial charge in [0.15, 0.2) is 0 Å². The van der Waals surface area contributed by atoms with Crippen molar-refractivity contribution in [3.63, 3.8) is 0 Å². The van der Waals surface area contributed by atoms with Crippen molar-refractivity contribution in [3.05, 3.63) is 29.8 Å². The topological polar surface area (TPSA) is 87.7 Å². The third kappa shape index (κ3) is 7.00. The van der Waals surface area contributed by atoms with Crippen LogP contribution in [0, 0.1) is 11.8 Å². The summed E-state index contributed by atoms with van der Waals surface area (Å²) >= 11 is 0. The van der Waals surface area contributed by atoms with Gasteiger partial charge in [0.2, 0.25) is 10.0 Å². The van der Waals surface area contributed by atoms with Crippen molar-refractivity contribution in [2.24, 2.45) is 11.8 Å². The zero-order valence-electron chi connectivity index (χ0n) is 16.8. The van der Waals surface area contributed by atoms with Crippen LogP contribution in [0.5, 0.6) is 0 Å². The van der Waals surface area contributed by atoms with Gasteiger partial charge in [-0.05, 0) is 42.5 Å². The summed E-state index contributed by atoms with van der Waals surface area (Å²) < 4.78 is 32.2. The molecular weight excluding hydrogens is 402 g/mol. The van der Waals surface area contributed by atoms with Gasteiger partial charge in [-0.15, -0.1) is 12.4 Å². The lowest BCUT2D eigenvalue weighted by Gasteiger charge is -2.34. The number of nitrogens with zero attached hydrogens (tertiary/aromatic N) is 1. The van der Waals surface area contributed by atoms with Crippen molar-refractivity contribution < 1.29 is 17.9 Å². The third-order valence-electron chi connectivity index (χ3n) is 4.66. The molecule has 2 unspecified atom stereocenters. The molecule has 0 saturated carbocycles. The van der Waals surface area contributed by atoms with Crippen LogP contribution in [0.1, 0.15) is 30.6 Å². The van der Waals surface area contributed by atoms with Crippen molar-refractivity contribution in [1.29, 1.82) is 0 Å². The molecule has 1 saturated heterocycles. The van der Waals surface area contributed by atoms with Crippen molar-refractivity contribution >= 4 is 28.3 Å². The number of carbonyl (C=O) groups is 1. The zero-order chi connectivity index (χ0) is 19.9. The molecule has 2 N–H and O–H groups in total.